The van der Waals surface area contributed by atoms with E-state index in [1.807, 2.05) is 30.5 Å². The summed E-state index contributed by atoms with van der Waals surface area (Å²) in [5.74, 6) is 0.412. The van der Waals surface area contributed by atoms with Crippen LogP contribution in [0.25, 0.3) is 10.9 Å². The van der Waals surface area contributed by atoms with E-state index in [9.17, 15) is 4.79 Å². The fraction of sp³-hybridized carbons (Fsp3) is 0.118. The number of carbonyl (C=O) groups is 1. The summed E-state index contributed by atoms with van der Waals surface area (Å²) in [6.07, 6.45) is 1.92. The zero-order valence-electron chi connectivity index (χ0n) is 13.2. The Morgan fingerprint density at radius 2 is 1.83 bits per heavy atom. The highest BCUT2D eigenvalue weighted by Gasteiger charge is 2.14. The predicted octanol–water partition coefficient (Wildman–Crippen LogP) is 3.79. The van der Waals surface area contributed by atoms with Gasteiger partial charge >= 0.3 is 0 Å². The summed E-state index contributed by atoms with van der Waals surface area (Å²) in [4.78, 5) is 21.4. The van der Waals surface area contributed by atoms with E-state index in [0.717, 1.165) is 10.9 Å². The number of amides is 1. The zero-order chi connectivity index (χ0) is 17.1. The Kier molecular flexibility index (Phi) is 4.87. The van der Waals surface area contributed by atoms with Gasteiger partial charge < -0.3 is 0 Å². The quantitative estimate of drug-likeness (QED) is 0.437. The second kappa shape index (κ2) is 7.07. The molecule has 7 heteroatoms. The molecule has 5 nitrogen and oxygen atoms in total. The molecule has 0 unspecified atom stereocenters. The first-order chi connectivity index (χ1) is 11.6. The van der Waals surface area contributed by atoms with Crippen molar-refractivity contribution < 1.29 is 4.79 Å². The van der Waals surface area contributed by atoms with E-state index in [0.29, 0.717) is 21.6 Å². The highest BCUT2D eigenvalue weighted by molar-refractivity contribution is 7.98. The van der Waals surface area contributed by atoms with Gasteiger partial charge in [0.1, 0.15) is 0 Å². The van der Waals surface area contributed by atoms with Gasteiger partial charge in [0.25, 0.3) is 5.91 Å². The van der Waals surface area contributed by atoms with Crippen LogP contribution in [0, 0.1) is 0 Å². The van der Waals surface area contributed by atoms with Crippen molar-refractivity contribution in [2.75, 3.05) is 18.3 Å². The van der Waals surface area contributed by atoms with Gasteiger partial charge in [0.05, 0.1) is 5.52 Å². The summed E-state index contributed by atoms with van der Waals surface area (Å²) >= 11 is 7.31. The molecule has 0 saturated carbocycles. The second-order valence-electron chi connectivity index (χ2n) is 5.06. The summed E-state index contributed by atoms with van der Waals surface area (Å²) in [5, 5.41) is 3.72. The van der Waals surface area contributed by atoms with Crippen molar-refractivity contribution in [1.29, 1.82) is 0 Å². The number of halogens is 1. The first-order valence-corrected chi connectivity index (χ1v) is 8.80. The molecule has 0 radical (unpaired) electrons. The molecule has 0 bridgehead atoms. The topological polar surface area (TPSA) is 58.1 Å². The highest BCUT2D eigenvalue weighted by atomic mass is 35.5. The first-order valence-electron chi connectivity index (χ1n) is 7.19. The number of fused-ring (bicyclic) bond motifs is 1. The fourth-order valence-corrected chi connectivity index (χ4v) is 2.75. The van der Waals surface area contributed by atoms with Crippen LogP contribution in [0.15, 0.2) is 53.7 Å². The van der Waals surface area contributed by atoms with Crippen molar-refractivity contribution in [3.8, 4) is 0 Å². The van der Waals surface area contributed by atoms with E-state index in [1.54, 1.807) is 36.3 Å². The average molecular weight is 359 g/mol. The lowest BCUT2D eigenvalue weighted by atomic mass is 10.2. The average Bonchev–Trinajstić information content (AvgIpc) is 2.61. The standard InChI is InChI=1S/C17H15ClN4OS/c1-22(21-16(23)11-7-9-12(18)10-8-11)15-13-5-3-4-6-14(13)19-17(20-15)24-2/h3-10H,1-2H3,(H,21,23). The van der Waals surface area contributed by atoms with Crippen molar-refractivity contribution in [3.05, 3.63) is 59.1 Å². The Morgan fingerprint density at radius 1 is 1.12 bits per heavy atom. The molecule has 3 rings (SSSR count). The molecule has 0 aliphatic rings. The maximum atomic E-state index is 12.4. The molecule has 0 aliphatic heterocycles. The van der Waals surface area contributed by atoms with Crippen molar-refractivity contribution in [1.82, 2.24) is 15.4 Å². The molecule has 1 amide bonds. The molecule has 0 fully saturated rings. The molecule has 1 N–H and O–H groups in total. The predicted molar refractivity (Wildman–Crippen MR) is 98.6 cm³/mol. The van der Waals surface area contributed by atoms with Gasteiger partial charge in [-0.3, -0.25) is 15.2 Å². The Hall–Kier alpha value is -2.31. The maximum Gasteiger partial charge on any atom is 0.269 e. The molecule has 1 heterocycles. The Bertz CT molecular complexity index is 885. The van der Waals surface area contributed by atoms with Gasteiger partial charge in [-0.1, -0.05) is 35.5 Å². The Balaban J connectivity index is 1.92. The van der Waals surface area contributed by atoms with Gasteiger partial charge in [-0.05, 0) is 42.7 Å². The first kappa shape index (κ1) is 16.5. The fourth-order valence-electron chi connectivity index (χ4n) is 2.26. The number of hydrogen-bond acceptors (Lipinski definition) is 5. The minimum Gasteiger partial charge on any atom is -0.271 e. The van der Waals surface area contributed by atoms with Crippen molar-refractivity contribution in [2.24, 2.45) is 0 Å². The largest absolute Gasteiger partial charge is 0.271 e. The molecule has 2 aromatic carbocycles. The van der Waals surface area contributed by atoms with Gasteiger partial charge in [-0.15, -0.1) is 0 Å². The van der Waals surface area contributed by atoms with Gasteiger partial charge in [-0.2, -0.15) is 0 Å². The normalized spacial score (nSPS) is 10.6. The summed E-state index contributed by atoms with van der Waals surface area (Å²) in [5.41, 5.74) is 4.18. The second-order valence-corrected chi connectivity index (χ2v) is 6.27. The summed E-state index contributed by atoms with van der Waals surface area (Å²) in [7, 11) is 1.76. The third kappa shape index (κ3) is 3.44. The summed E-state index contributed by atoms with van der Waals surface area (Å²) in [6, 6.07) is 14.4. The van der Waals surface area contributed by atoms with Crippen LogP contribution < -0.4 is 10.4 Å². The summed E-state index contributed by atoms with van der Waals surface area (Å²) in [6.45, 7) is 0. The third-order valence-corrected chi connectivity index (χ3v) is 4.24. The molecule has 0 aliphatic carbocycles. The lowest BCUT2D eigenvalue weighted by Gasteiger charge is -2.21. The van der Waals surface area contributed by atoms with E-state index in [4.69, 9.17) is 11.6 Å². The lowest BCUT2D eigenvalue weighted by Crippen LogP contribution is -2.40. The molecule has 24 heavy (non-hydrogen) atoms. The Morgan fingerprint density at radius 3 is 2.54 bits per heavy atom. The number of aromatic nitrogens is 2. The molecule has 0 saturated heterocycles. The van der Waals surface area contributed by atoms with Crippen LogP contribution in [-0.4, -0.2) is 29.2 Å². The Labute approximate surface area is 149 Å². The van der Waals surface area contributed by atoms with Crippen molar-refractivity contribution in [3.63, 3.8) is 0 Å². The van der Waals surface area contributed by atoms with Gasteiger partial charge in [0.15, 0.2) is 11.0 Å². The van der Waals surface area contributed by atoms with E-state index >= 15 is 0 Å². The van der Waals surface area contributed by atoms with Crippen LogP contribution in [0.3, 0.4) is 0 Å². The minimum absolute atomic E-state index is 0.234. The van der Waals surface area contributed by atoms with Gasteiger partial charge in [0, 0.05) is 23.0 Å². The third-order valence-electron chi connectivity index (χ3n) is 3.44. The number of benzene rings is 2. The number of thioether (sulfide) groups is 1. The van der Waals surface area contributed by atoms with E-state index in [1.165, 1.54) is 11.8 Å². The SMILES string of the molecule is CSc1nc(N(C)NC(=O)c2ccc(Cl)cc2)c2ccccc2n1. The van der Waals surface area contributed by atoms with E-state index in [-0.39, 0.29) is 5.91 Å². The smallest absolute Gasteiger partial charge is 0.269 e. The zero-order valence-corrected chi connectivity index (χ0v) is 14.7. The number of para-hydroxylation sites is 1. The van der Waals surface area contributed by atoms with Crippen LogP contribution in [0.1, 0.15) is 10.4 Å². The van der Waals surface area contributed by atoms with Crippen LogP contribution >= 0.6 is 23.4 Å². The lowest BCUT2D eigenvalue weighted by molar-refractivity contribution is 0.0951. The number of hydrazine groups is 1. The minimum atomic E-state index is -0.234. The van der Waals surface area contributed by atoms with Crippen molar-refractivity contribution >= 4 is 46.0 Å². The number of anilines is 1. The number of rotatable bonds is 4. The number of nitrogens with zero attached hydrogens (tertiary/aromatic N) is 3. The van der Waals surface area contributed by atoms with Crippen molar-refractivity contribution in [2.45, 2.75) is 5.16 Å². The van der Waals surface area contributed by atoms with E-state index in [2.05, 4.69) is 15.4 Å². The monoisotopic (exact) mass is 358 g/mol. The molecule has 0 atom stereocenters. The van der Waals surface area contributed by atoms with Crippen LogP contribution in [0.4, 0.5) is 5.82 Å². The van der Waals surface area contributed by atoms with Crippen LogP contribution in [0.5, 0.6) is 0 Å². The number of nitrogens with one attached hydrogen (secondary N) is 1. The van der Waals surface area contributed by atoms with Crippen LogP contribution in [0.2, 0.25) is 5.02 Å². The highest BCUT2D eigenvalue weighted by Crippen LogP contribution is 2.25. The molecule has 122 valence electrons. The molecular weight excluding hydrogens is 344 g/mol. The van der Waals surface area contributed by atoms with Gasteiger partial charge in [-0.25, -0.2) is 9.97 Å². The number of carbonyl (C=O) groups excluding carboxylic acids is 1. The summed E-state index contributed by atoms with van der Waals surface area (Å²) < 4.78 is 0. The van der Waals surface area contributed by atoms with Gasteiger partial charge in [0.2, 0.25) is 0 Å². The number of hydrogen-bond donors (Lipinski definition) is 1. The van der Waals surface area contributed by atoms with Crippen LogP contribution in [-0.2, 0) is 0 Å². The molecular formula is C17H15ClN4OS. The van der Waals surface area contributed by atoms with E-state index < -0.39 is 0 Å². The molecule has 1 aromatic heterocycles. The molecule has 3 aromatic rings. The maximum absolute atomic E-state index is 12.4. The molecule has 0 spiro atoms.